The topological polar surface area (TPSA) is 53.2 Å². The summed E-state index contributed by atoms with van der Waals surface area (Å²) in [7, 11) is 1.49. The Hall–Kier alpha value is -3.03. The highest BCUT2D eigenvalue weighted by atomic mass is 19.4. The van der Waals surface area contributed by atoms with Crippen LogP contribution in [0.3, 0.4) is 0 Å². The summed E-state index contributed by atoms with van der Waals surface area (Å²) in [5.74, 6) is -0.442. The average molecular weight is 392 g/mol. The van der Waals surface area contributed by atoms with Crippen LogP contribution in [0.25, 0.3) is 10.9 Å². The Labute approximate surface area is 158 Å². The standard InChI is InChI=1S/C20H19F3N2O3/c1-3-11-25-18(26)17-14(12-13-7-5-4-6-8-13)16(28-20(21,22)23)10-9-15(17)24(2)19(25)27/h4-10H,3,11-12H2,1-2H3. The molecular weight excluding hydrogens is 373 g/mol. The summed E-state index contributed by atoms with van der Waals surface area (Å²) in [5, 5.41) is 0.0566. The molecule has 0 aliphatic rings. The third-order valence-electron chi connectivity index (χ3n) is 4.48. The number of fused-ring (bicyclic) bond motifs is 1. The molecule has 0 radical (unpaired) electrons. The minimum Gasteiger partial charge on any atom is -0.405 e. The molecule has 148 valence electrons. The molecule has 2 aromatic carbocycles. The van der Waals surface area contributed by atoms with Crippen molar-refractivity contribution < 1.29 is 17.9 Å². The van der Waals surface area contributed by atoms with Crippen molar-refractivity contribution in [1.82, 2.24) is 9.13 Å². The predicted octanol–water partition coefficient (Wildman–Crippen LogP) is 3.60. The number of ether oxygens (including phenoxy) is 1. The van der Waals surface area contributed by atoms with Gasteiger partial charge in [0, 0.05) is 25.6 Å². The van der Waals surface area contributed by atoms with Gasteiger partial charge < -0.3 is 4.74 Å². The summed E-state index contributed by atoms with van der Waals surface area (Å²) in [5.41, 5.74) is -0.0281. The van der Waals surface area contributed by atoms with Gasteiger partial charge in [0.05, 0.1) is 10.9 Å². The van der Waals surface area contributed by atoms with Crippen molar-refractivity contribution in [2.75, 3.05) is 0 Å². The Morgan fingerprint density at radius 3 is 2.32 bits per heavy atom. The smallest absolute Gasteiger partial charge is 0.405 e. The fourth-order valence-corrected chi connectivity index (χ4v) is 3.26. The van der Waals surface area contributed by atoms with Gasteiger partial charge in [-0.3, -0.25) is 13.9 Å². The van der Waals surface area contributed by atoms with Crippen LogP contribution >= 0.6 is 0 Å². The van der Waals surface area contributed by atoms with Crippen LogP contribution in [-0.2, 0) is 20.0 Å². The molecule has 3 rings (SSSR count). The molecular formula is C20H19F3N2O3. The highest BCUT2D eigenvalue weighted by Crippen LogP contribution is 2.32. The molecule has 1 heterocycles. The lowest BCUT2D eigenvalue weighted by Crippen LogP contribution is -2.39. The number of hydrogen-bond donors (Lipinski definition) is 0. The molecule has 0 spiro atoms. The number of nitrogens with zero attached hydrogens (tertiary/aromatic N) is 2. The van der Waals surface area contributed by atoms with E-state index in [1.807, 2.05) is 6.92 Å². The van der Waals surface area contributed by atoms with E-state index in [4.69, 9.17) is 0 Å². The molecule has 0 bridgehead atoms. The molecule has 0 atom stereocenters. The Balaban J connectivity index is 2.37. The van der Waals surface area contributed by atoms with Crippen LogP contribution in [0.5, 0.6) is 5.75 Å². The fourth-order valence-electron chi connectivity index (χ4n) is 3.26. The predicted molar refractivity (Wildman–Crippen MR) is 99.7 cm³/mol. The molecule has 0 saturated heterocycles. The second-order valence-corrected chi connectivity index (χ2v) is 6.44. The van der Waals surface area contributed by atoms with Gasteiger partial charge in [0.1, 0.15) is 5.75 Å². The lowest BCUT2D eigenvalue weighted by Gasteiger charge is -2.18. The van der Waals surface area contributed by atoms with E-state index in [0.717, 1.165) is 16.2 Å². The molecule has 0 saturated carbocycles. The van der Waals surface area contributed by atoms with Gasteiger partial charge in [-0.25, -0.2) is 4.79 Å². The molecule has 8 heteroatoms. The van der Waals surface area contributed by atoms with Gasteiger partial charge >= 0.3 is 12.1 Å². The highest BCUT2D eigenvalue weighted by Gasteiger charge is 2.33. The minimum absolute atomic E-state index is 0.0566. The summed E-state index contributed by atoms with van der Waals surface area (Å²) in [6.45, 7) is 1.99. The minimum atomic E-state index is -4.90. The molecule has 0 amide bonds. The monoisotopic (exact) mass is 392 g/mol. The molecule has 0 N–H and O–H groups in total. The first-order valence-corrected chi connectivity index (χ1v) is 8.78. The van der Waals surface area contributed by atoms with Crippen molar-refractivity contribution in [3.05, 3.63) is 74.4 Å². The van der Waals surface area contributed by atoms with E-state index in [0.29, 0.717) is 6.42 Å². The SMILES string of the molecule is CCCn1c(=O)c2c(Cc3ccccc3)c(OC(F)(F)F)ccc2n(C)c1=O. The highest BCUT2D eigenvalue weighted by molar-refractivity contribution is 5.84. The van der Waals surface area contributed by atoms with E-state index in [-0.39, 0.29) is 29.4 Å². The van der Waals surface area contributed by atoms with E-state index in [2.05, 4.69) is 4.74 Å². The van der Waals surface area contributed by atoms with E-state index in [1.165, 1.54) is 17.7 Å². The van der Waals surface area contributed by atoms with Crippen LogP contribution in [0.1, 0.15) is 24.5 Å². The van der Waals surface area contributed by atoms with Crippen LogP contribution in [0, 0.1) is 0 Å². The van der Waals surface area contributed by atoms with Crippen LogP contribution in [0.4, 0.5) is 13.2 Å². The third kappa shape index (κ3) is 3.81. The molecule has 28 heavy (non-hydrogen) atoms. The summed E-state index contributed by atoms with van der Waals surface area (Å²) >= 11 is 0. The zero-order valence-corrected chi connectivity index (χ0v) is 15.4. The lowest BCUT2D eigenvalue weighted by molar-refractivity contribution is -0.274. The summed E-state index contributed by atoms with van der Waals surface area (Å²) < 4.78 is 45.4. The van der Waals surface area contributed by atoms with Crippen LogP contribution < -0.4 is 16.0 Å². The van der Waals surface area contributed by atoms with Gasteiger partial charge in [0.25, 0.3) is 5.56 Å². The van der Waals surface area contributed by atoms with Gasteiger partial charge in [-0.05, 0) is 24.1 Å². The summed E-state index contributed by atoms with van der Waals surface area (Å²) in [6, 6.07) is 11.3. The Morgan fingerprint density at radius 1 is 1.04 bits per heavy atom. The van der Waals surface area contributed by atoms with Crippen molar-refractivity contribution in [1.29, 1.82) is 0 Å². The van der Waals surface area contributed by atoms with Gasteiger partial charge in [0.2, 0.25) is 0 Å². The van der Waals surface area contributed by atoms with Crippen molar-refractivity contribution in [2.45, 2.75) is 32.7 Å². The van der Waals surface area contributed by atoms with E-state index < -0.39 is 23.4 Å². The van der Waals surface area contributed by atoms with E-state index in [1.54, 1.807) is 30.3 Å². The molecule has 5 nitrogen and oxygen atoms in total. The van der Waals surface area contributed by atoms with Gasteiger partial charge in [-0.1, -0.05) is 37.3 Å². The normalized spacial score (nSPS) is 11.8. The Morgan fingerprint density at radius 2 is 1.71 bits per heavy atom. The van der Waals surface area contributed by atoms with Gasteiger partial charge in [0.15, 0.2) is 0 Å². The maximum absolute atomic E-state index is 13.0. The number of halogens is 3. The van der Waals surface area contributed by atoms with E-state index >= 15 is 0 Å². The molecule has 0 unspecified atom stereocenters. The zero-order chi connectivity index (χ0) is 20.5. The summed E-state index contributed by atoms with van der Waals surface area (Å²) in [4.78, 5) is 25.5. The molecule has 3 aromatic rings. The second kappa shape index (κ2) is 7.53. The number of rotatable bonds is 5. The van der Waals surface area contributed by atoms with Crippen LogP contribution in [0.2, 0.25) is 0 Å². The van der Waals surface area contributed by atoms with Crippen LogP contribution in [-0.4, -0.2) is 15.5 Å². The number of hydrogen-bond acceptors (Lipinski definition) is 3. The number of aromatic nitrogens is 2. The molecule has 0 fully saturated rings. The van der Waals surface area contributed by atoms with Crippen molar-refractivity contribution in [3.63, 3.8) is 0 Å². The van der Waals surface area contributed by atoms with Crippen molar-refractivity contribution in [3.8, 4) is 5.75 Å². The van der Waals surface area contributed by atoms with Crippen molar-refractivity contribution >= 4 is 10.9 Å². The van der Waals surface area contributed by atoms with Crippen LogP contribution in [0.15, 0.2) is 52.1 Å². The molecule has 1 aromatic heterocycles. The number of aryl methyl sites for hydroxylation is 1. The average Bonchev–Trinajstić information content (AvgIpc) is 2.64. The first kappa shape index (κ1) is 19.7. The first-order valence-electron chi connectivity index (χ1n) is 8.78. The van der Waals surface area contributed by atoms with Gasteiger partial charge in [-0.15, -0.1) is 13.2 Å². The molecule has 0 aliphatic heterocycles. The summed E-state index contributed by atoms with van der Waals surface area (Å²) in [6.07, 6.45) is -4.31. The largest absolute Gasteiger partial charge is 0.573 e. The fraction of sp³-hybridized carbons (Fsp3) is 0.300. The van der Waals surface area contributed by atoms with Crippen molar-refractivity contribution in [2.24, 2.45) is 7.05 Å². The number of alkyl halides is 3. The van der Waals surface area contributed by atoms with Gasteiger partial charge in [-0.2, -0.15) is 0 Å². The quantitative estimate of drug-likeness (QED) is 0.667. The lowest BCUT2D eigenvalue weighted by atomic mass is 10.00. The van der Waals surface area contributed by atoms with E-state index in [9.17, 15) is 22.8 Å². The second-order valence-electron chi connectivity index (χ2n) is 6.44. The zero-order valence-electron chi connectivity index (χ0n) is 15.4. The third-order valence-corrected chi connectivity index (χ3v) is 4.48. The number of benzene rings is 2. The first-order chi connectivity index (χ1) is 13.2. The molecule has 0 aliphatic carbocycles. The Kier molecular flexibility index (Phi) is 5.31. The maximum Gasteiger partial charge on any atom is 0.573 e. The maximum atomic E-state index is 13.0. The Bertz CT molecular complexity index is 1120.